The Morgan fingerprint density at radius 1 is 1.32 bits per heavy atom. The Morgan fingerprint density at radius 2 is 1.95 bits per heavy atom. The minimum Gasteiger partial charge on any atom is -0.337 e. The van der Waals surface area contributed by atoms with Crippen LogP contribution in [0.1, 0.15) is 17.3 Å². The Labute approximate surface area is 114 Å². The maximum atomic E-state index is 12.4. The molecule has 1 aromatic carbocycles. The third-order valence-electron chi connectivity index (χ3n) is 3.82. The lowest BCUT2D eigenvalue weighted by Crippen LogP contribution is -2.35. The summed E-state index contributed by atoms with van der Waals surface area (Å²) >= 11 is 0. The molecule has 0 spiro atoms. The van der Waals surface area contributed by atoms with Gasteiger partial charge in [-0.05, 0) is 44.3 Å². The molecule has 0 aromatic heterocycles. The van der Waals surface area contributed by atoms with Gasteiger partial charge in [0.1, 0.15) is 0 Å². The molecule has 1 aliphatic heterocycles. The van der Waals surface area contributed by atoms with Crippen molar-refractivity contribution < 1.29 is 4.79 Å². The van der Waals surface area contributed by atoms with Crippen LogP contribution in [-0.2, 0) is 0 Å². The monoisotopic (exact) mass is 262 g/mol. The summed E-state index contributed by atoms with van der Waals surface area (Å²) in [7, 11) is 4.13. The Balaban J connectivity index is 2.08. The molecule has 2 atom stereocenters. The summed E-state index contributed by atoms with van der Waals surface area (Å²) in [5.41, 5.74) is 4.08. The van der Waals surface area contributed by atoms with Crippen LogP contribution in [0.25, 0.3) is 0 Å². The van der Waals surface area contributed by atoms with Gasteiger partial charge in [-0.25, -0.2) is 0 Å². The molecule has 1 aliphatic rings. The number of likely N-dealkylation sites (tertiary alicyclic amines) is 1. The second-order valence-electron chi connectivity index (χ2n) is 5.44. The van der Waals surface area contributed by atoms with E-state index in [-0.39, 0.29) is 5.91 Å². The molecule has 19 heavy (non-hydrogen) atoms. The minimum absolute atomic E-state index is 0.0970. The zero-order chi connectivity index (χ0) is 14.0. The lowest BCUT2D eigenvalue weighted by molar-refractivity contribution is 0.0781. The van der Waals surface area contributed by atoms with Crippen molar-refractivity contribution in [3.05, 3.63) is 29.8 Å². The lowest BCUT2D eigenvalue weighted by Gasteiger charge is -2.22. The number of carbonyl (C=O) groups excluding carboxylic acids is 1. The van der Waals surface area contributed by atoms with Crippen molar-refractivity contribution >= 4 is 11.6 Å². The molecule has 1 amide bonds. The fraction of sp³-hybridized carbons (Fsp3) is 0.500. The molecular weight excluding hydrogens is 240 g/mol. The van der Waals surface area contributed by atoms with Crippen LogP contribution in [0.5, 0.6) is 0 Å². The number of rotatable bonds is 3. The maximum absolute atomic E-state index is 12.4. The van der Waals surface area contributed by atoms with E-state index in [0.29, 0.717) is 17.5 Å². The molecule has 104 valence electrons. The van der Waals surface area contributed by atoms with Crippen LogP contribution < -0.4 is 11.3 Å². The molecular formula is C14H22N4O. The molecule has 3 N–H and O–H groups in total. The Morgan fingerprint density at radius 3 is 2.42 bits per heavy atom. The van der Waals surface area contributed by atoms with Gasteiger partial charge in [-0.15, -0.1) is 0 Å². The predicted molar refractivity (Wildman–Crippen MR) is 76.8 cm³/mol. The van der Waals surface area contributed by atoms with Crippen LogP contribution in [0.3, 0.4) is 0 Å². The van der Waals surface area contributed by atoms with E-state index >= 15 is 0 Å². The van der Waals surface area contributed by atoms with Crippen molar-refractivity contribution in [2.45, 2.75) is 13.0 Å². The average Bonchev–Trinajstić information content (AvgIpc) is 2.80. The van der Waals surface area contributed by atoms with E-state index < -0.39 is 0 Å². The van der Waals surface area contributed by atoms with Gasteiger partial charge in [0, 0.05) is 30.4 Å². The fourth-order valence-corrected chi connectivity index (χ4v) is 2.68. The first kappa shape index (κ1) is 13.8. The quantitative estimate of drug-likeness (QED) is 0.630. The molecule has 1 saturated heterocycles. The van der Waals surface area contributed by atoms with E-state index in [0.717, 1.165) is 18.8 Å². The topological polar surface area (TPSA) is 61.6 Å². The van der Waals surface area contributed by atoms with Gasteiger partial charge in [0.2, 0.25) is 0 Å². The number of carbonyl (C=O) groups is 1. The summed E-state index contributed by atoms with van der Waals surface area (Å²) in [5, 5.41) is 0. The van der Waals surface area contributed by atoms with Crippen LogP contribution in [0.4, 0.5) is 5.69 Å². The number of amides is 1. The van der Waals surface area contributed by atoms with Crippen LogP contribution in [0, 0.1) is 5.92 Å². The van der Waals surface area contributed by atoms with E-state index in [2.05, 4.69) is 31.3 Å². The number of nitrogens with zero attached hydrogens (tertiary/aromatic N) is 2. The van der Waals surface area contributed by atoms with Crippen LogP contribution in [-0.4, -0.2) is 48.9 Å². The molecule has 0 saturated carbocycles. The smallest absolute Gasteiger partial charge is 0.253 e. The number of nitrogens with two attached hydrogens (primary N) is 1. The minimum atomic E-state index is 0.0970. The van der Waals surface area contributed by atoms with Crippen molar-refractivity contribution in [2.24, 2.45) is 11.8 Å². The predicted octanol–water partition coefficient (Wildman–Crippen LogP) is 0.994. The molecule has 1 fully saturated rings. The number of anilines is 1. The maximum Gasteiger partial charge on any atom is 0.253 e. The number of nitrogen functional groups attached to an aromatic ring is 1. The lowest BCUT2D eigenvalue weighted by atomic mass is 10.1. The molecule has 0 bridgehead atoms. The third-order valence-corrected chi connectivity index (χ3v) is 3.82. The van der Waals surface area contributed by atoms with Crippen molar-refractivity contribution in [3.63, 3.8) is 0 Å². The Hall–Kier alpha value is -1.59. The fourth-order valence-electron chi connectivity index (χ4n) is 2.68. The average molecular weight is 262 g/mol. The summed E-state index contributed by atoms with van der Waals surface area (Å²) in [6.45, 7) is 3.81. The van der Waals surface area contributed by atoms with Crippen molar-refractivity contribution in [3.8, 4) is 0 Å². The largest absolute Gasteiger partial charge is 0.337 e. The number of benzene rings is 1. The van der Waals surface area contributed by atoms with Crippen LogP contribution in [0.2, 0.25) is 0 Å². The molecule has 5 nitrogen and oxygen atoms in total. The second-order valence-corrected chi connectivity index (χ2v) is 5.44. The molecule has 1 heterocycles. The molecule has 0 radical (unpaired) electrons. The summed E-state index contributed by atoms with van der Waals surface area (Å²) in [6, 6.07) is 7.69. The Bertz CT molecular complexity index is 443. The van der Waals surface area contributed by atoms with E-state index in [1.807, 2.05) is 29.2 Å². The van der Waals surface area contributed by atoms with Crippen molar-refractivity contribution in [2.75, 3.05) is 32.6 Å². The second kappa shape index (κ2) is 5.59. The SMILES string of the molecule is CC1CN(C(=O)c2ccc(NN)cc2)CC1N(C)C. The first-order valence-electron chi connectivity index (χ1n) is 6.55. The summed E-state index contributed by atoms with van der Waals surface area (Å²) in [5.74, 6) is 5.92. The zero-order valence-corrected chi connectivity index (χ0v) is 11.8. The summed E-state index contributed by atoms with van der Waals surface area (Å²) < 4.78 is 0. The van der Waals surface area contributed by atoms with E-state index in [4.69, 9.17) is 5.84 Å². The first-order chi connectivity index (χ1) is 9.02. The van der Waals surface area contributed by atoms with Crippen LogP contribution >= 0.6 is 0 Å². The number of hydrogen-bond donors (Lipinski definition) is 2. The highest BCUT2D eigenvalue weighted by molar-refractivity contribution is 5.94. The standard InChI is InChI=1S/C14H22N4O/c1-10-8-18(9-13(10)17(2)3)14(19)11-4-6-12(16-15)7-5-11/h4-7,10,13,16H,8-9,15H2,1-3H3. The molecule has 2 unspecified atom stereocenters. The molecule has 2 rings (SSSR count). The van der Waals surface area contributed by atoms with E-state index in [9.17, 15) is 4.79 Å². The summed E-state index contributed by atoms with van der Waals surface area (Å²) in [6.07, 6.45) is 0. The van der Waals surface area contributed by atoms with Gasteiger partial charge in [-0.3, -0.25) is 10.6 Å². The normalized spacial score (nSPS) is 22.9. The van der Waals surface area contributed by atoms with Gasteiger partial charge in [0.05, 0.1) is 0 Å². The summed E-state index contributed by atoms with van der Waals surface area (Å²) in [4.78, 5) is 16.5. The number of likely N-dealkylation sites (N-methyl/N-ethyl adjacent to an activating group) is 1. The highest BCUT2D eigenvalue weighted by Gasteiger charge is 2.33. The van der Waals surface area contributed by atoms with Gasteiger partial charge in [-0.1, -0.05) is 6.92 Å². The van der Waals surface area contributed by atoms with E-state index in [1.165, 1.54) is 0 Å². The first-order valence-corrected chi connectivity index (χ1v) is 6.55. The van der Waals surface area contributed by atoms with Gasteiger partial charge >= 0.3 is 0 Å². The Kier molecular flexibility index (Phi) is 4.07. The van der Waals surface area contributed by atoms with Gasteiger partial charge in [0.15, 0.2) is 0 Å². The molecule has 1 aromatic rings. The zero-order valence-electron chi connectivity index (χ0n) is 11.8. The number of hydrogen-bond acceptors (Lipinski definition) is 4. The highest BCUT2D eigenvalue weighted by atomic mass is 16.2. The third kappa shape index (κ3) is 2.88. The molecule has 5 heteroatoms. The molecule has 0 aliphatic carbocycles. The number of nitrogens with one attached hydrogen (secondary N) is 1. The highest BCUT2D eigenvalue weighted by Crippen LogP contribution is 2.22. The van der Waals surface area contributed by atoms with Gasteiger partial charge in [-0.2, -0.15) is 0 Å². The van der Waals surface area contributed by atoms with Crippen LogP contribution in [0.15, 0.2) is 24.3 Å². The van der Waals surface area contributed by atoms with Crippen molar-refractivity contribution in [1.29, 1.82) is 0 Å². The van der Waals surface area contributed by atoms with E-state index in [1.54, 1.807) is 0 Å². The van der Waals surface area contributed by atoms with Gasteiger partial charge < -0.3 is 15.2 Å². The van der Waals surface area contributed by atoms with Gasteiger partial charge in [0.25, 0.3) is 5.91 Å². The van der Waals surface area contributed by atoms with Crippen molar-refractivity contribution in [1.82, 2.24) is 9.80 Å². The number of hydrazine groups is 1.